The van der Waals surface area contributed by atoms with Crippen molar-refractivity contribution < 1.29 is 26.7 Å². The molecule has 0 bridgehead atoms. The van der Waals surface area contributed by atoms with E-state index in [-0.39, 0.29) is 0 Å². The monoisotopic (exact) mass is 205 g/mol. The average molecular weight is 205 g/mol. The lowest BCUT2D eigenvalue weighted by molar-refractivity contribution is -0.286. The highest BCUT2D eigenvalue weighted by molar-refractivity contribution is 5.76. The molecule has 0 aliphatic heterocycles. The Morgan fingerprint density at radius 1 is 1.31 bits per heavy atom. The zero-order valence-electron chi connectivity index (χ0n) is 6.66. The van der Waals surface area contributed by atoms with E-state index in [0.717, 1.165) is 6.92 Å². The topological polar surface area (TPSA) is 43.1 Å². The summed E-state index contributed by atoms with van der Waals surface area (Å²) in [5, 5.41) is 0. The molecular formula is C6H8F5NO. The van der Waals surface area contributed by atoms with Crippen LogP contribution in [0.2, 0.25) is 0 Å². The zero-order chi connectivity index (χ0) is 10.9. The van der Waals surface area contributed by atoms with Crippen molar-refractivity contribution in [3.63, 3.8) is 0 Å². The van der Waals surface area contributed by atoms with Crippen molar-refractivity contribution in [1.82, 2.24) is 0 Å². The Balaban J connectivity index is 4.43. The molecule has 0 radical (unpaired) electrons. The normalized spacial score (nSPS) is 15.5. The number of nitrogens with two attached hydrogens (primary N) is 1. The van der Waals surface area contributed by atoms with E-state index in [1.165, 1.54) is 0 Å². The van der Waals surface area contributed by atoms with Crippen LogP contribution in [0.25, 0.3) is 0 Å². The van der Waals surface area contributed by atoms with Gasteiger partial charge in [-0.15, -0.1) is 0 Å². The molecular weight excluding hydrogens is 197 g/mol. The van der Waals surface area contributed by atoms with Crippen molar-refractivity contribution in [2.45, 2.75) is 25.4 Å². The zero-order valence-corrected chi connectivity index (χ0v) is 6.66. The fraction of sp³-hybridized carbons (Fsp3) is 0.833. The quantitative estimate of drug-likeness (QED) is 0.700. The maximum atomic E-state index is 12.2. The number of carbonyl (C=O) groups is 1. The predicted octanol–water partition coefficient (Wildman–Crippen LogP) is 1.70. The lowest BCUT2D eigenvalue weighted by atomic mass is 10.0. The van der Waals surface area contributed by atoms with Crippen LogP contribution >= 0.6 is 0 Å². The first-order chi connectivity index (χ1) is 5.58. The van der Waals surface area contributed by atoms with Gasteiger partial charge in [-0.05, 0) is 0 Å². The highest BCUT2D eigenvalue weighted by atomic mass is 19.4. The van der Waals surface area contributed by atoms with Gasteiger partial charge in [0.2, 0.25) is 5.91 Å². The molecule has 7 heteroatoms. The molecule has 0 aromatic carbocycles. The van der Waals surface area contributed by atoms with E-state index >= 15 is 0 Å². The van der Waals surface area contributed by atoms with E-state index in [0.29, 0.717) is 0 Å². The van der Waals surface area contributed by atoms with Crippen LogP contribution in [0.4, 0.5) is 22.0 Å². The Labute approximate surface area is 70.9 Å². The minimum absolute atomic E-state index is 0.919. The number of alkyl halides is 5. The second-order valence-corrected chi connectivity index (χ2v) is 2.71. The Bertz CT molecular complexity index is 200. The summed E-state index contributed by atoms with van der Waals surface area (Å²) in [7, 11) is 0. The molecule has 0 spiro atoms. The van der Waals surface area contributed by atoms with E-state index in [4.69, 9.17) is 0 Å². The molecule has 0 aliphatic rings. The molecule has 0 rings (SSSR count). The van der Waals surface area contributed by atoms with Crippen LogP contribution in [-0.2, 0) is 4.79 Å². The minimum atomic E-state index is -5.63. The summed E-state index contributed by atoms with van der Waals surface area (Å²) >= 11 is 0. The molecule has 1 atom stereocenters. The van der Waals surface area contributed by atoms with Gasteiger partial charge in [-0.25, -0.2) is 0 Å². The van der Waals surface area contributed by atoms with Crippen LogP contribution in [-0.4, -0.2) is 18.0 Å². The van der Waals surface area contributed by atoms with Gasteiger partial charge in [-0.2, -0.15) is 22.0 Å². The first-order valence-corrected chi connectivity index (χ1v) is 3.32. The van der Waals surface area contributed by atoms with Gasteiger partial charge in [0.1, 0.15) is 0 Å². The largest absolute Gasteiger partial charge is 0.453 e. The smallest absolute Gasteiger partial charge is 0.369 e. The number of halogens is 5. The summed E-state index contributed by atoms with van der Waals surface area (Å²) in [4.78, 5) is 10.2. The lowest BCUT2D eigenvalue weighted by Crippen LogP contribution is -2.40. The van der Waals surface area contributed by atoms with Crippen molar-refractivity contribution in [1.29, 1.82) is 0 Å². The minimum Gasteiger partial charge on any atom is -0.369 e. The summed E-state index contributed by atoms with van der Waals surface area (Å²) in [6, 6.07) is 0. The van der Waals surface area contributed by atoms with Crippen LogP contribution in [0, 0.1) is 5.92 Å². The van der Waals surface area contributed by atoms with Crippen LogP contribution < -0.4 is 5.73 Å². The highest BCUT2D eigenvalue weighted by Crippen LogP contribution is 2.39. The van der Waals surface area contributed by atoms with Crippen molar-refractivity contribution in [2.75, 3.05) is 0 Å². The number of amides is 1. The third kappa shape index (κ3) is 3.16. The predicted molar refractivity (Wildman–Crippen MR) is 34.0 cm³/mol. The Kier molecular flexibility index (Phi) is 3.23. The molecule has 0 aliphatic carbocycles. The number of hydrogen-bond donors (Lipinski definition) is 1. The second-order valence-electron chi connectivity index (χ2n) is 2.71. The molecule has 0 aromatic rings. The van der Waals surface area contributed by atoms with E-state index in [1.54, 1.807) is 0 Å². The van der Waals surface area contributed by atoms with Gasteiger partial charge < -0.3 is 5.73 Å². The number of carbonyl (C=O) groups excluding carboxylic acids is 1. The van der Waals surface area contributed by atoms with E-state index in [1.807, 2.05) is 0 Å². The molecule has 0 saturated carbocycles. The lowest BCUT2D eigenvalue weighted by Gasteiger charge is -2.21. The van der Waals surface area contributed by atoms with Gasteiger partial charge in [0.05, 0.1) is 0 Å². The summed E-state index contributed by atoms with van der Waals surface area (Å²) < 4.78 is 59.1. The summed E-state index contributed by atoms with van der Waals surface area (Å²) in [6.07, 6.45) is -7.23. The SMILES string of the molecule is CC(CC(F)(F)C(F)(F)F)C(N)=O. The standard InChI is InChI=1S/C6H8F5NO/c1-3(4(12)13)2-5(7,8)6(9,10)11/h3H,2H2,1H3,(H2,12,13). The number of hydrogen-bond acceptors (Lipinski definition) is 1. The van der Waals surface area contributed by atoms with Crippen LogP contribution in [0.1, 0.15) is 13.3 Å². The van der Waals surface area contributed by atoms with Gasteiger partial charge in [0.15, 0.2) is 0 Å². The van der Waals surface area contributed by atoms with Crippen molar-refractivity contribution in [2.24, 2.45) is 11.7 Å². The molecule has 2 nitrogen and oxygen atoms in total. The third-order valence-electron chi connectivity index (χ3n) is 1.46. The fourth-order valence-corrected chi connectivity index (χ4v) is 0.601. The highest BCUT2D eigenvalue weighted by Gasteiger charge is 2.57. The maximum absolute atomic E-state index is 12.2. The van der Waals surface area contributed by atoms with Gasteiger partial charge in [-0.3, -0.25) is 4.79 Å². The Hall–Kier alpha value is -0.880. The summed E-state index contributed by atoms with van der Waals surface area (Å²) in [5.74, 6) is -7.54. The fourth-order valence-electron chi connectivity index (χ4n) is 0.601. The Morgan fingerprint density at radius 3 is 1.92 bits per heavy atom. The van der Waals surface area contributed by atoms with Gasteiger partial charge in [-0.1, -0.05) is 6.92 Å². The summed E-state index contributed by atoms with van der Waals surface area (Å²) in [6.45, 7) is 0.919. The molecule has 0 fully saturated rings. The molecule has 0 aromatic heterocycles. The first kappa shape index (κ1) is 12.1. The molecule has 2 N–H and O–H groups in total. The first-order valence-electron chi connectivity index (χ1n) is 3.32. The third-order valence-corrected chi connectivity index (χ3v) is 1.46. The van der Waals surface area contributed by atoms with Gasteiger partial charge in [0.25, 0.3) is 0 Å². The molecule has 13 heavy (non-hydrogen) atoms. The summed E-state index contributed by atoms with van der Waals surface area (Å²) in [5.41, 5.74) is 4.55. The van der Waals surface area contributed by atoms with E-state index in [9.17, 15) is 26.7 Å². The van der Waals surface area contributed by atoms with E-state index < -0.39 is 30.3 Å². The number of rotatable bonds is 3. The number of primary amides is 1. The molecule has 0 saturated heterocycles. The van der Waals surface area contributed by atoms with Crippen LogP contribution in [0.3, 0.4) is 0 Å². The Morgan fingerprint density at radius 2 is 1.69 bits per heavy atom. The van der Waals surface area contributed by atoms with E-state index in [2.05, 4.69) is 5.73 Å². The second kappa shape index (κ2) is 3.47. The average Bonchev–Trinajstić information content (AvgIpc) is 1.83. The van der Waals surface area contributed by atoms with Crippen molar-refractivity contribution >= 4 is 5.91 Å². The van der Waals surface area contributed by atoms with Crippen LogP contribution in [0.5, 0.6) is 0 Å². The van der Waals surface area contributed by atoms with Crippen LogP contribution in [0.15, 0.2) is 0 Å². The van der Waals surface area contributed by atoms with Gasteiger partial charge >= 0.3 is 12.1 Å². The molecule has 1 amide bonds. The molecule has 78 valence electrons. The van der Waals surface area contributed by atoms with Crippen molar-refractivity contribution in [3.05, 3.63) is 0 Å². The maximum Gasteiger partial charge on any atom is 0.453 e. The van der Waals surface area contributed by atoms with Gasteiger partial charge in [0, 0.05) is 12.3 Å². The molecule has 1 unspecified atom stereocenters. The molecule has 0 heterocycles. The van der Waals surface area contributed by atoms with Crippen molar-refractivity contribution in [3.8, 4) is 0 Å².